The summed E-state index contributed by atoms with van der Waals surface area (Å²) in [5.41, 5.74) is 1.75. The number of nitrogens with zero attached hydrogens (tertiary/aromatic N) is 5. The SMILES string of the molecule is COC(=O)CN(N1CCN(c2ccncc2)CC1)N1CCCCC1=C=O.Cl.Cl. The quantitative estimate of drug-likeness (QED) is 0.513. The minimum absolute atomic E-state index is 0. The number of methoxy groups -OCH3 is 1. The summed E-state index contributed by atoms with van der Waals surface area (Å²) in [6.07, 6.45) is 6.24. The van der Waals surface area contributed by atoms with Crippen molar-refractivity contribution in [2.75, 3.05) is 51.3 Å². The van der Waals surface area contributed by atoms with E-state index in [0.717, 1.165) is 44.7 Å². The third kappa shape index (κ3) is 5.83. The first-order valence-corrected chi connectivity index (χ1v) is 8.98. The summed E-state index contributed by atoms with van der Waals surface area (Å²) in [6, 6.07) is 4.00. The van der Waals surface area contributed by atoms with Crippen LogP contribution in [-0.4, -0.2) is 78.4 Å². The minimum Gasteiger partial charge on any atom is -0.468 e. The standard InChI is InChI=1S/C18H25N5O3.2ClH/c1-26-18(25)14-23(22-9-3-2-4-17(22)15-24)21-12-10-20(11-13-21)16-5-7-19-8-6-16;;/h5-8H,2-4,9-14H2,1H3;2*1H. The van der Waals surface area contributed by atoms with Crippen LogP contribution in [0.2, 0.25) is 0 Å². The molecule has 2 aliphatic heterocycles. The number of hydrogen-bond donors (Lipinski definition) is 0. The number of piperazine rings is 1. The number of piperidine rings is 1. The van der Waals surface area contributed by atoms with E-state index in [2.05, 4.69) is 20.8 Å². The predicted octanol–water partition coefficient (Wildman–Crippen LogP) is 1.55. The summed E-state index contributed by atoms with van der Waals surface area (Å²) >= 11 is 0. The van der Waals surface area contributed by atoms with Gasteiger partial charge in [-0.05, 0) is 31.4 Å². The molecule has 1 aromatic rings. The lowest BCUT2D eigenvalue weighted by atomic mass is 10.1. The average molecular weight is 432 g/mol. The van der Waals surface area contributed by atoms with Gasteiger partial charge in [-0.1, -0.05) is 0 Å². The third-order valence-corrected chi connectivity index (χ3v) is 4.85. The second kappa shape index (κ2) is 11.9. The fourth-order valence-electron chi connectivity index (χ4n) is 3.43. The summed E-state index contributed by atoms with van der Waals surface area (Å²) in [6.45, 7) is 3.97. The lowest BCUT2D eigenvalue weighted by Crippen LogP contribution is -2.61. The van der Waals surface area contributed by atoms with Crippen LogP contribution in [0.4, 0.5) is 5.69 Å². The number of halogens is 2. The summed E-state index contributed by atoms with van der Waals surface area (Å²) in [4.78, 5) is 29.7. The Balaban J connectivity index is 0.00000196. The first kappa shape index (κ1) is 24.2. The van der Waals surface area contributed by atoms with Crippen molar-refractivity contribution in [1.29, 1.82) is 0 Å². The van der Waals surface area contributed by atoms with E-state index in [9.17, 15) is 9.59 Å². The fraction of sp³-hybridized carbons (Fsp3) is 0.556. The number of ether oxygens (including phenoxy) is 1. The molecular formula is C18H27Cl2N5O3. The Morgan fingerprint density at radius 3 is 2.43 bits per heavy atom. The molecule has 0 aromatic carbocycles. The van der Waals surface area contributed by atoms with Crippen LogP contribution in [-0.2, 0) is 14.3 Å². The molecule has 2 aliphatic rings. The van der Waals surface area contributed by atoms with Gasteiger partial charge in [0, 0.05) is 50.8 Å². The highest BCUT2D eigenvalue weighted by Gasteiger charge is 2.31. The third-order valence-electron chi connectivity index (χ3n) is 4.85. The summed E-state index contributed by atoms with van der Waals surface area (Å²) < 4.78 is 4.86. The maximum atomic E-state index is 11.9. The molecule has 28 heavy (non-hydrogen) atoms. The van der Waals surface area contributed by atoms with E-state index in [1.54, 1.807) is 12.4 Å². The minimum atomic E-state index is -0.322. The molecule has 0 atom stereocenters. The lowest BCUT2D eigenvalue weighted by Gasteiger charge is -2.47. The second-order valence-corrected chi connectivity index (χ2v) is 6.38. The lowest BCUT2D eigenvalue weighted by molar-refractivity contribution is -0.189. The van der Waals surface area contributed by atoms with E-state index in [4.69, 9.17) is 4.74 Å². The van der Waals surface area contributed by atoms with E-state index >= 15 is 0 Å². The molecule has 3 rings (SSSR count). The van der Waals surface area contributed by atoms with Crippen molar-refractivity contribution in [2.45, 2.75) is 19.3 Å². The van der Waals surface area contributed by atoms with Crippen molar-refractivity contribution < 1.29 is 14.3 Å². The molecule has 0 bridgehead atoms. The van der Waals surface area contributed by atoms with Gasteiger partial charge in [-0.25, -0.2) is 9.80 Å². The van der Waals surface area contributed by atoms with Gasteiger partial charge < -0.3 is 9.64 Å². The van der Waals surface area contributed by atoms with Crippen LogP contribution in [0.5, 0.6) is 0 Å². The van der Waals surface area contributed by atoms with Crippen molar-refractivity contribution in [3.05, 3.63) is 30.2 Å². The average Bonchev–Trinajstić information content (AvgIpc) is 2.72. The van der Waals surface area contributed by atoms with Gasteiger partial charge in [0.1, 0.15) is 18.2 Å². The van der Waals surface area contributed by atoms with Gasteiger partial charge in [-0.15, -0.1) is 29.9 Å². The second-order valence-electron chi connectivity index (χ2n) is 6.38. The van der Waals surface area contributed by atoms with Gasteiger partial charge in [0.25, 0.3) is 0 Å². The zero-order chi connectivity index (χ0) is 18.4. The van der Waals surface area contributed by atoms with Crippen LogP contribution in [0.15, 0.2) is 30.2 Å². The smallest absolute Gasteiger partial charge is 0.323 e. The topological polar surface area (TPSA) is 69.2 Å². The molecule has 8 nitrogen and oxygen atoms in total. The van der Waals surface area contributed by atoms with Gasteiger partial charge in [-0.2, -0.15) is 0 Å². The number of allylic oxidation sites excluding steroid dienone is 1. The first-order valence-electron chi connectivity index (χ1n) is 8.98. The Morgan fingerprint density at radius 2 is 1.82 bits per heavy atom. The maximum absolute atomic E-state index is 11.9. The Bertz CT molecular complexity index is 664. The van der Waals surface area contributed by atoms with Crippen LogP contribution in [0, 0.1) is 0 Å². The largest absolute Gasteiger partial charge is 0.468 e. The summed E-state index contributed by atoms with van der Waals surface area (Å²) in [5, 5.41) is 5.89. The fourth-order valence-corrected chi connectivity index (χ4v) is 3.43. The van der Waals surface area contributed by atoms with Crippen molar-refractivity contribution in [3.8, 4) is 0 Å². The number of esters is 1. The Kier molecular flexibility index (Phi) is 10.3. The summed E-state index contributed by atoms with van der Waals surface area (Å²) in [5.74, 6) is 1.73. The number of carbonyl (C=O) groups excluding carboxylic acids is 2. The molecule has 1 aromatic heterocycles. The van der Waals surface area contributed by atoms with Crippen LogP contribution in [0.25, 0.3) is 0 Å². The Hall–Kier alpha value is -1.83. The van der Waals surface area contributed by atoms with Crippen molar-refractivity contribution in [3.63, 3.8) is 0 Å². The molecule has 0 unspecified atom stereocenters. The molecule has 0 radical (unpaired) electrons. The van der Waals surface area contributed by atoms with Crippen LogP contribution >= 0.6 is 24.8 Å². The molecule has 10 heteroatoms. The number of rotatable bonds is 5. The number of carbonyl (C=O) groups is 1. The highest BCUT2D eigenvalue weighted by atomic mass is 35.5. The number of aromatic nitrogens is 1. The number of anilines is 1. The predicted molar refractivity (Wildman–Crippen MR) is 111 cm³/mol. The van der Waals surface area contributed by atoms with E-state index in [0.29, 0.717) is 18.7 Å². The monoisotopic (exact) mass is 431 g/mol. The Morgan fingerprint density at radius 1 is 1.14 bits per heavy atom. The molecule has 0 spiro atoms. The molecule has 2 saturated heterocycles. The van der Waals surface area contributed by atoms with Crippen molar-refractivity contribution in [1.82, 2.24) is 20.1 Å². The molecule has 0 aliphatic carbocycles. The normalized spacial score (nSPS) is 17.4. The van der Waals surface area contributed by atoms with Gasteiger partial charge in [0.2, 0.25) is 0 Å². The van der Waals surface area contributed by atoms with Gasteiger partial charge >= 0.3 is 5.97 Å². The zero-order valence-electron chi connectivity index (χ0n) is 16.0. The van der Waals surface area contributed by atoms with E-state index in [1.165, 1.54) is 7.11 Å². The summed E-state index contributed by atoms with van der Waals surface area (Å²) in [7, 11) is 1.38. The van der Waals surface area contributed by atoms with E-state index in [1.807, 2.05) is 22.3 Å². The number of hydrogen-bond acceptors (Lipinski definition) is 8. The van der Waals surface area contributed by atoms with Crippen LogP contribution in [0.3, 0.4) is 0 Å². The maximum Gasteiger partial charge on any atom is 0.323 e. The van der Waals surface area contributed by atoms with Gasteiger partial charge in [0.05, 0.1) is 7.11 Å². The number of pyridine rings is 1. The first-order chi connectivity index (χ1) is 12.7. The molecule has 156 valence electrons. The van der Waals surface area contributed by atoms with E-state index < -0.39 is 0 Å². The molecule has 2 fully saturated rings. The van der Waals surface area contributed by atoms with Gasteiger partial charge in [-0.3, -0.25) is 14.8 Å². The van der Waals surface area contributed by atoms with E-state index in [-0.39, 0.29) is 37.3 Å². The highest BCUT2D eigenvalue weighted by Crippen LogP contribution is 2.23. The molecule has 0 saturated carbocycles. The van der Waals surface area contributed by atoms with Gasteiger partial charge in [0.15, 0.2) is 0 Å². The molecular weight excluding hydrogens is 405 g/mol. The molecule has 0 amide bonds. The van der Waals surface area contributed by atoms with Crippen LogP contribution in [0.1, 0.15) is 19.3 Å². The molecule has 0 N–H and O–H groups in total. The van der Waals surface area contributed by atoms with Crippen molar-refractivity contribution >= 4 is 42.4 Å². The highest BCUT2D eigenvalue weighted by molar-refractivity contribution is 5.85. The van der Waals surface area contributed by atoms with Crippen LogP contribution < -0.4 is 4.90 Å². The number of hydrazine groups is 2. The van der Waals surface area contributed by atoms with Crippen molar-refractivity contribution in [2.24, 2.45) is 0 Å². The molecule has 3 heterocycles. The zero-order valence-corrected chi connectivity index (χ0v) is 17.6. The Labute approximate surface area is 177 Å².